The minimum absolute atomic E-state index is 0.0200. The summed E-state index contributed by atoms with van der Waals surface area (Å²) >= 11 is 3.39. The highest BCUT2D eigenvalue weighted by Gasteiger charge is 2.58. The van der Waals surface area contributed by atoms with E-state index in [0.29, 0.717) is 18.8 Å². The minimum Gasteiger partial charge on any atom is -0.342 e. The monoisotopic (exact) mass is 364 g/mol. The van der Waals surface area contributed by atoms with Crippen LogP contribution in [-0.2, 0) is 9.59 Å². The molecule has 1 unspecified atom stereocenters. The Balaban J connectivity index is 1.70. The Morgan fingerprint density at radius 1 is 1.36 bits per heavy atom. The van der Waals surface area contributed by atoms with Gasteiger partial charge in [0.25, 0.3) is 0 Å². The Morgan fingerprint density at radius 2 is 2.14 bits per heavy atom. The lowest BCUT2D eigenvalue weighted by molar-refractivity contribution is -0.143. The standard InChI is InChI=1S/C17H21BrN2O2/c1-12-4-3-9-20(11-12)16(22)17(7-8-17)15(21)19-14-6-2-5-13(18)10-14/h2,5-6,10,12H,3-4,7-9,11H2,1H3,(H,19,21). The van der Waals surface area contributed by atoms with E-state index in [2.05, 4.69) is 28.2 Å². The number of amides is 2. The average Bonchev–Trinajstić information content (AvgIpc) is 3.28. The van der Waals surface area contributed by atoms with E-state index in [-0.39, 0.29) is 11.8 Å². The average molecular weight is 365 g/mol. The van der Waals surface area contributed by atoms with Crippen LogP contribution in [0.5, 0.6) is 0 Å². The molecular weight excluding hydrogens is 344 g/mol. The second-order valence-corrected chi connectivity index (χ2v) is 7.46. The van der Waals surface area contributed by atoms with Crippen LogP contribution in [0.2, 0.25) is 0 Å². The van der Waals surface area contributed by atoms with E-state index >= 15 is 0 Å². The highest BCUT2D eigenvalue weighted by Crippen LogP contribution is 2.48. The molecule has 0 bridgehead atoms. The fraction of sp³-hybridized carbons (Fsp3) is 0.529. The predicted octanol–water partition coefficient (Wildman–Crippen LogP) is 3.43. The molecule has 0 aromatic heterocycles. The fourth-order valence-electron chi connectivity index (χ4n) is 3.16. The van der Waals surface area contributed by atoms with Gasteiger partial charge in [-0.25, -0.2) is 0 Å². The van der Waals surface area contributed by atoms with Crippen molar-refractivity contribution in [3.8, 4) is 0 Å². The van der Waals surface area contributed by atoms with Crippen LogP contribution in [0.15, 0.2) is 28.7 Å². The quantitative estimate of drug-likeness (QED) is 0.835. The number of nitrogens with zero attached hydrogens (tertiary/aromatic N) is 1. The van der Waals surface area contributed by atoms with Gasteiger partial charge in [0, 0.05) is 23.2 Å². The van der Waals surface area contributed by atoms with Gasteiger partial charge in [0.15, 0.2) is 0 Å². The van der Waals surface area contributed by atoms with E-state index < -0.39 is 5.41 Å². The molecule has 2 fully saturated rings. The molecule has 1 saturated heterocycles. The smallest absolute Gasteiger partial charge is 0.240 e. The Bertz CT molecular complexity index is 598. The van der Waals surface area contributed by atoms with Crippen molar-refractivity contribution < 1.29 is 9.59 Å². The Morgan fingerprint density at radius 3 is 2.77 bits per heavy atom. The van der Waals surface area contributed by atoms with Crippen LogP contribution in [0.4, 0.5) is 5.69 Å². The van der Waals surface area contributed by atoms with E-state index in [1.807, 2.05) is 29.2 Å². The van der Waals surface area contributed by atoms with E-state index in [1.165, 1.54) is 6.42 Å². The summed E-state index contributed by atoms with van der Waals surface area (Å²) in [4.78, 5) is 27.3. The molecule has 1 heterocycles. The number of likely N-dealkylation sites (tertiary alicyclic amines) is 1. The van der Waals surface area contributed by atoms with Crippen LogP contribution in [0, 0.1) is 11.3 Å². The molecule has 0 spiro atoms. The first-order valence-electron chi connectivity index (χ1n) is 7.88. The number of rotatable bonds is 3. The van der Waals surface area contributed by atoms with Gasteiger partial charge in [-0.2, -0.15) is 0 Å². The molecule has 3 rings (SSSR count). The predicted molar refractivity (Wildman–Crippen MR) is 89.4 cm³/mol. The third kappa shape index (κ3) is 3.05. The summed E-state index contributed by atoms with van der Waals surface area (Å²) in [5, 5.41) is 2.90. The normalized spacial score (nSPS) is 23.0. The molecule has 0 radical (unpaired) electrons. The van der Waals surface area contributed by atoms with Crippen molar-refractivity contribution in [1.82, 2.24) is 4.90 Å². The summed E-state index contributed by atoms with van der Waals surface area (Å²) in [5.74, 6) is 0.391. The van der Waals surface area contributed by atoms with Crippen molar-refractivity contribution >= 4 is 33.4 Å². The Kier molecular flexibility index (Phi) is 4.26. The molecule has 1 saturated carbocycles. The molecule has 5 heteroatoms. The van der Waals surface area contributed by atoms with Crippen molar-refractivity contribution in [2.75, 3.05) is 18.4 Å². The minimum atomic E-state index is -0.820. The van der Waals surface area contributed by atoms with Gasteiger partial charge >= 0.3 is 0 Å². The molecule has 22 heavy (non-hydrogen) atoms. The fourth-order valence-corrected chi connectivity index (χ4v) is 3.56. The molecule has 2 aliphatic rings. The van der Waals surface area contributed by atoms with E-state index in [0.717, 1.165) is 29.7 Å². The first kappa shape index (κ1) is 15.5. The maximum Gasteiger partial charge on any atom is 0.240 e. The number of anilines is 1. The number of piperidine rings is 1. The summed E-state index contributed by atoms with van der Waals surface area (Å²) in [7, 11) is 0. The summed E-state index contributed by atoms with van der Waals surface area (Å²) in [6, 6.07) is 7.46. The van der Waals surface area contributed by atoms with E-state index in [9.17, 15) is 9.59 Å². The van der Waals surface area contributed by atoms with Gasteiger partial charge in [-0.3, -0.25) is 9.59 Å². The van der Waals surface area contributed by atoms with E-state index in [4.69, 9.17) is 0 Å². The number of hydrogen-bond acceptors (Lipinski definition) is 2. The van der Waals surface area contributed by atoms with Gasteiger partial charge in [0.1, 0.15) is 5.41 Å². The third-order valence-corrected chi connectivity index (χ3v) is 5.11. The summed E-state index contributed by atoms with van der Waals surface area (Å²) < 4.78 is 0.909. The van der Waals surface area contributed by atoms with Crippen molar-refractivity contribution in [3.63, 3.8) is 0 Å². The lowest BCUT2D eigenvalue weighted by Crippen LogP contribution is -2.46. The number of halogens is 1. The molecule has 2 amide bonds. The zero-order valence-corrected chi connectivity index (χ0v) is 14.4. The molecule has 1 N–H and O–H groups in total. The van der Waals surface area contributed by atoms with Gasteiger partial charge < -0.3 is 10.2 Å². The number of carbonyl (C=O) groups is 2. The Labute approximate surface area is 139 Å². The highest BCUT2D eigenvalue weighted by atomic mass is 79.9. The SMILES string of the molecule is CC1CCCN(C(=O)C2(C(=O)Nc3cccc(Br)c3)CC2)C1. The second-order valence-electron chi connectivity index (χ2n) is 6.55. The van der Waals surface area contributed by atoms with Crippen LogP contribution in [0.3, 0.4) is 0 Å². The Hall–Kier alpha value is -1.36. The van der Waals surface area contributed by atoms with Crippen LogP contribution in [0.1, 0.15) is 32.6 Å². The number of nitrogens with one attached hydrogen (secondary N) is 1. The van der Waals surface area contributed by atoms with Crippen LogP contribution in [-0.4, -0.2) is 29.8 Å². The molecular formula is C17H21BrN2O2. The largest absolute Gasteiger partial charge is 0.342 e. The van der Waals surface area contributed by atoms with Gasteiger partial charge in [0.05, 0.1) is 0 Å². The maximum atomic E-state index is 12.8. The molecule has 1 aliphatic carbocycles. The first-order chi connectivity index (χ1) is 10.5. The second kappa shape index (κ2) is 6.03. The molecule has 118 valence electrons. The third-order valence-electron chi connectivity index (χ3n) is 4.62. The van der Waals surface area contributed by atoms with Gasteiger partial charge in [-0.05, 0) is 49.8 Å². The maximum absolute atomic E-state index is 12.8. The summed E-state index contributed by atoms with van der Waals surface area (Å²) in [5.41, 5.74) is -0.0928. The molecule has 1 aromatic carbocycles. The van der Waals surface area contributed by atoms with Crippen LogP contribution >= 0.6 is 15.9 Å². The van der Waals surface area contributed by atoms with Crippen molar-refractivity contribution in [3.05, 3.63) is 28.7 Å². The molecule has 1 aromatic rings. The zero-order valence-electron chi connectivity index (χ0n) is 12.8. The summed E-state index contributed by atoms with van der Waals surface area (Å²) in [6.45, 7) is 3.74. The topological polar surface area (TPSA) is 49.4 Å². The lowest BCUT2D eigenvalue weighted by Gasteiger charge is -2.33. The molecule has 4 nitrogen and oxygen atoms in total. The highest BCUT2D eigenvalue weighted by molar-refractivity contribution is 9.10. The zero-order chi connectivity index (χ0) is 15.7. The molecule has 1 aliphatic heterocycles. The lowest BCUT2D eigenvalue weighted by atomic mass is 9.96. The van der Waals surface area contributed by atoms with Gasteiger partial charge in [-0.15, -0.1) is 0 Å². The first-order valence-corrected chi connectivity index (χ1v) is 8.67. The van der Waals surface area contributed by atoms with Gasteiger partial charge in [-0.1, -0.05) is 28.9 Å². The number of hydrogen-bond donors (Lipinski definition) is 1. The van der Waals surface area contributed by atoms with E-state index in [1.54, 1.807) is 0 Å². The van der Waals surface area contributed by atoms with Crippen molar-refractivity contribution in [2.45, 2.75) is 32.6 Å². The van der Waals surface area contributed by atoms with Crippen LogP contribution < -0.4 is 5.32 Å². The van der Waals surface area contributed by atoms with Crippen molar-refractivity contribution in [2.24, 2.45) is 11.3 Å². The van der Waals surface area contributed by atoms with Gasteiger partial charge in [0.2, 0.25) is 11.8 Å². The van der Waals surface area contributed by atoms with Crippen molar-refractivity contribution in [1.29, 1.82) is 0 Å². The molecule has 1 atom stereocenters. The van der Waals surface area contributed by atoms with Crippen LogP contribution in [0.25, 0.3) is 0 Å². The number of benzene rings is 1. The number of carbonyl (C=O) groups excluding carboxylic acids is 2. The summed E-state index contributed by atoms with van der Waals surface area (Å²) in [6.07, 6.45) is 3.53.